The normalized spacial score (nSPS) is 26.3. The van der Waals surface area contributed by atoms with Gasteiger partial charge in [-0.15, -0.1) is 0 Å². The van der Waals surface area contributed by atoms with Crippen molar-refractivity contribution in [1.29, 1.82) is 0 Å². The maximum absolute atomic E-state index is 14.9. The molecule has 2 aromatic rings. The average Bonchev–Trinajstić information content (AvgIpc) is 3.48. The van der Waals surface area contributed by atoms with E-state index in [1.54, 1.807) is 0 Å². The molecule has 3 atom stereocenters. The number of nitrogens with two attached hydrogens (primary N) is 1. The number of amidine groups is 1. The third-order valence-electron chi connectivity index (χ3n) is 5.50. The Morgan fingerprint density at radius 3 is 2.81 bits per heavy atom. The molecule has 2 heterocycles. The zero-order chi connectivity index (χ0) is 23.1. The molecule has 1 aromatic carbocycles. The average molecular weight is 479 g/mol. The molecular weight excluding hydrogens is 462 g/mol. The van der Waals surface area contributed by atoms with E-state index in [0.29, 0.717) is 11.4 Å². The fourth-order valence-corrected chi connectivity index (χ4v) is 5.38. The molecule has 4 rings (SSSR count). The molecule has 32 heavy (non-hydrogen) atoms. The van der Waals surface area contributed by atoms with Crippen LogP contribution in [-0.4, -0.2) is 38.6 Å². The van der Waals surface area contributed by atoms with Gasteiger partial charge in [-0.3, -0.25) is 4.79 Å². The van der Waals surface area contributed by atoms with Crippen LogP contribution in [0.3, 0.4) is 0 Å². The Labute approximate surface area is 190 Å². The highest BCUT2D eigenvalue weighted by molar-refractivity contribution is 8.15. The number of carbonyl (C=O) groups is 2. The predicted octanol–water partition coefficient (Wildman–Crippen LogP) is 3.75. The van der Waals surface area contributed by atoms with E-state index < -0.39 is 40.6 Å². The second-order valence-electron chi connectivity index (χ2n) is 7.50. The molecule has 1 amide bonds. The number of carboxylic acids is 1. The molecule has 0 radical (unpaired) electrons. The molecule has 11 heteroatoms. The summed E-state index contributed by atoms with van der Waals surface area (Å²) in [6, 6.07) is 6.71. The summed E-state index contributed by atoms with van der Waals surface area (Å²) in [6.45, 7) is -1.05. The number of alkyl halides is 1. The molecule has 1 saturated carbocycles. The highest BCUT2D eigenvalue weighted by atomic mass is 35.5. The molecule has 1 aliphatic heterocycles. The van der Waals surface area contributed by atoms with Gasteiger partial charge in [-0.2, -0.15) is 0 Å². The van der Waals surface area contributed by atoms with E-state index in [2.05, 4.69) is 15.3 Å². The van der Waals surface area contributed by atoms with E-state index in [4.69, 9.17) is 22.4 Å². The van der Waals surface area contributed by atoms with E-state index >= 15 is 0 Å². The number of carbonyl (C=O) groups excluding carboxylic acids is 1. The van der Waals surface area contributed by atoms with Crippen LogP contribution in [0.4, 0.5) is 14.5 Å². The molecule has 2 aliphatic rings. The van der Waals surface area contributed by atoms with Gasteiger partial charge in [0.15, 0.2) is 5.17 Å². The summed E-state index contributed by atoms with van der Waals surface area (Å²) in [6.07, 6.45) is 4.12. The number of hydrogen-bond acceptors (Lipinski definition) is 6. The van der Waals surface area contributed by atoms with Gasteiger partial charge in [-0.1, -0.05) is 29.4 Å². The van der Waals surface area contributed by atoms with Crippen LogP contribution in [0.25, 0.3) is 0 Å². The summed E-state index contributed by atoms with van der Waals surface area (Å²) in [5, 5.41) is 12.0. The Bertz CT molecular complexity index is 1160. The Morgan fingerprint density at radius 1 is 1.38 bits per heavy atom. The summed E-state index contributed by atoms with van der Waals surface area (Å²) in [5.41, 5.74) is 4.55. The van der Waals surface area contributed by atoms with E-state index in [1.807, 2.05) is 0 Å². The maximum atomic E-state index is 14.9. The molecular formula is C21H17ClF2N4O3S. The first-order valence-electron chi connectivity index (χ1n) is 9.44. The number of hydrogen-bond donors (Lipinski definition) is 3. The lowest BCUT2D eigenvalue weighted by Gasteiger charge is -2.34. The number of aliphatic carboxylic acids is 1. The van der Waals surface area contributed by atoms with Gasteiger partial charge < -0.3 is 16.2 Å². The quantitative estimate of drug-likeness (QED) is 0.544. The second kappa shape index (κ2) is 8.18. The molecule has 7 nitrogen and oxygen atoms in total. The number of nitrogens with zero attached hydrogens (tertiary/aromatic N) is 2. The first-order valence-corrected chi connectivity index (χ1v) is 10.6. The van der Waals surface area contributed by atoms with Crippen molar-refractivity contribution in [3.05, 3.63) is 70.8 Å². The van der Waals surface area contributed by atoms with Gasteiger partial charge in [0.2, 0.25) is 0 Å². The lowest BCUT2D eigenvalue weighted by molar-refractivity contribution is -0.131. The largest absolute Gasteiger partial charge is 0.478 e. The molecule has 166 valence electrons. The Balaban J connectivity index is 1.69. The van der Waals surface area contributed by atoms with Crippen LogP contribution >= 0.6 is 23.4 Å². The lowest BCUT2D eigenvalue weighted by atomic mass is 9.84. The van der Waals surface area contributed by atoms with E-state index in [0.717, 1.165) is 23.9 Å². The van der Waals surface area contributed by atoms with Gasteiger partial charge >= 0.3 is 5.97 Å². The van der Waals surface area contributed by atoms with Crippen molar-refractivity contribution >= 4 is 46.1 Å². The lowest BCUT2D eigenvalue weighted by Crippen LogP contribution is -2.39. The number of thioether (sulfide) groups is 1. The summed E-state index contributed by atoms with van der Waals surface area (Å²) in [5.74, 6) is -2.92. The van der Waals surface area contributed by atoms with Gasteiger partial charge in [-0.25, -0.2) is 23.6 Å². The van der Waals surface area contributed by atoms with Gasteiger partial charge in [0.05, 0.1) is 5.02 Å². The number of benzene rings is 1. The number of nitrogens with one attached hydrogen (secondary N) is 1. The summed E-state index contributed by atoms with van der Waals surface area (Å²) in [7, 11) is 0. The smallest absolute Gasteiger partial charge is 0.328 e. The minimum atomic E-state index is -1.64. The van der Waals surface area contributed by atoms with Crippen molar-refractivity contribution in [1.82, 2.24) is 4.98 Å². The SMILES string of the molecule is NC1=N[C@](CF)(c2cc(NC(=O)c3ccc(Cl)cn3)ccc2F)[C@@H]2C[C@]2(C=CC(=O)O)S1. The van der Waals surface area contributed by atoms with Crippen molar-refractivity contribution in [3.63, 3.8) is 0 Å². The fraction of sp³-hybridized carbons (Fsp3) is 0.238. The van der Waals surface area contributed by atoms with Crippen LogP contribution in [-0.2, 0) is 10.3 Å². The molecule has 0 unspecified atom stereocenters. The minimum Gasteiger partial charge on any atom is -0.478 e. The van der Waals surface area contributed by atoms with Crippen LogP contribution in [0.1, 0.15) is 22.5 Å². The minimum absolute atomic E-state index is 0.0330. The first kappa shape index (κ1) is 22.2. The molecule has 0 spiro atoms. The van der Waals surface area contributed by atoms with Gasteiger partial charge in [0, 0.05) is 34.2 Å². The van der Waals surface area contributed by atoms with E-state index in [9.17, 15) is 18.4 Å². The van der Waals surface area contributed by atoms with Crippen LogP contribution in [0.2, 0.25) is 5.02 Å². The number of carboxylic acid groups (broad SMARTS) is 1. The van der Waals surface area contributed by atoms with Crippen molar-refractivity contribution in [2.75, 3.05) is 12.0 Å². The molecule has 4 N–H and O–H groups in total. The second-order valence-corrected chi connectivity index (χ2v) is 9.32. The molecule has 0 bridgehead atoms. The van der Waals surface area contributed by atoms with Crippen LogP contribution in [0, 0.1) is 11.7 Å². The summed E-state index contributed by atoms with van der Waals surface area (Å²) < 4.78 is 28.7. The number of halogens is 3. The summed E-state index contributed by atoms with van der Waals surface area (Å²) >= 11 is 6.92. The standard InChI is InChI=1S/C21H17ClF2N4O3S/c22-11-1-4-15(26-9-11)18(31)27-12-2-3-14(24)13(7-12)21(10-23)16-8-20(16,6-5-17(29)30)32-19(25)28-21/h1-7,9,16H,8,10H2,(H2,25,28)(H,27,31)(H,29,30)/t16-,20+,21-/m1/s1. The summed E-state index contributed by atoms with van der Waals surface area (Å²) in [4.78, 5) is 31.6. The van der Waals surface area contributed by atoms with Crippen LogP contribution < -0.4 is 11.1 Å². The predicted molar refractivity (Wildman–Crippen MR) is 118 cm³/mol. The highest BCUT2D eigenvalue weighted by Gasteiger charge is 2.67. The first-order chi connectivity index (χ1) is 15.2. The van der Waals surface area contributed by atoms with Crippen LogP contribution in [0.15, 0.2) is 53.7 Å². The Kier molecular flexibility index (Phi) is 5.68. The highest BCUT2D eigenvalue weighted by Crippen LogP contribution is 2.66. The number of amides is 1. The molecule has 1 fully saturated rings. The zero-order valence-electron chi connectivity index (χ0n) is 16.4. The maximum Gasteiger partial charge on any atom is 0.328 e. The number of aromatic nitrogens is 1. The monoisotopic (exact) mass is 478 g/mol. The third kappa shape index (κ3) is 3.95. The van der Waals surface area contributed by atoms with Gasteiger partial charge in [0.25, 0.3) is 5.91 Å². The van der Waals surface area contributed by atoms with E-state index in [-0.39, 0.29) is 22.1 Å². The van der Waals surface area contributed by atoms with Gasteiger partial charge in [-0.05, 0) is 36.8 Å². The Hall–Kier alpha value is -2.98. The number of aliphatic imine (C=N–C) groups is 1. The number of fused-ring (bicyclic) bond motifs is 1. The number of rotatable bonds is 6. The van der Waals surface area contributed by atoms with Crippen LogP contribution in [0.5, 0.6) is 0 Å². The van der Waals surface area contributed by atoms with Gasteiger partial charge in [0.1, 0.15) is 23.7 Å². The third-order valence-corrected chi connectivity index (χ3v) is 6.99. The van der Waals surface area contributed by atoms with Crippen molar-refractivity contribution < 1.29 is 23.5 Å². The molecule has 0 saturated heterocycles. The molecule has 1 aliphatic carbocycles. The topological polar surface area (TPSA) is 118 Å². The van der Waals surface area contributed by atoms with Crippen molar-refractivity contribution in [2.45, 2.75) is 16.7 Å². The van der Waals surface area contributed by atoms with E-state index in [1.165, 1.54) is 36.5 Å². The number of pyridine rings is 1. The Morgan fingerprint density at radius 2 is 2.16 bits per heavy atom. The zero-order valence-corrected chi connectivity index (χ0v) is 18.0. The van der Waals surface area contributed by atoms with Crippen molar-refractivity contribution in [3.8, 4) is 0 Å². The number of anilines is 1. The fourth-order valence-electron chi connectivity index (χ4n) is 3.95. The molecule has 1 aromatic heterocycles. The van der Waals surface area contributed by atoms with Crippen molar-refractivity contribution in [2.24, 2.45) is 16.6 Å².